The molecule has 0 unspecified atom stereocenters. The Hall–Kier alpha value is -2.18. The maximum atomic E-state index is 13.2. The fourth-order valence-corrected chi connectivity index (χ4v) is 3.81. The molecular weight excluding hydrogens is 364 g/mol. The van der Waals surface area contributed by atoms with Crippen LogP contribution in [0, 0.1) is 0 Å². The fraction of sp³-hybridized carbons (Fsp3) is 0.286. The summed E-state index contributed by atoms with van der Waals surface area (Å²) in [6.07, 6.45) is 0.484. The van der Waals surface area contributed by atoms with Gasteiger partial charge < -0.3 is 14.8 Å². The minimum Gasteiger partial charge on any atom is -0.383 e. The van der Waals surface area contributed by atoms with Crippen molar-refractivity contribution in [2.45, 2.75) is 12.1 Å². The molecule has 1 saturated heterocycles. The van der Waals surface area contributed by atoms with Gasteiger partial charge in [0.05, 0.1) is 19.3 Å². The van der Waals surface area contributed by atoms with Gasteiger partial charge in [0.25, 0.3) is 0 Å². The van der Waals surface area contributed by atoms with E-state index in [1.165, 1.54) is 0 Å². The molecule has 2 atom stereocenters. The van der Waals surface area contributed by atoms with E-state index in [-0.39, 0.29) is 5.78 Å². The van der Waals surface area contributed by atoms with Crippen LogP contribution in [0.1, 0.15) is 22.0 Å². The first kappa shape index (κ1) is 18.2. The van der Waals surface area contributed by atoms with Gasteiger partial charge in [-0.1, -0.05) is 41.9 Å². The van der Waals surface area contributed by atoms with Crippen LogP contribution >= 0.6 is 11.6 Å². The Labute approximate surface area is 162 Å². The highest BCUT2D eigenvalue weighted by atomic mass is 35.5. The third-order valence-corrected chi connectivity index (χ3v) is 5.32. The molecule has 5 nitrogen and oxygen atoms in total. The SMILES string of the molecule is O=C(c1c[nH]c2ccccc12)[C@H](O)[C@H](c1ccc(Cl)cc1)N1CCOCC1. The second-order valence-electron chi connectivity index (χ2n) is 6.70. The highest BCUT2D eigenvalue weighted by molar-refractivity contribution is 6.30. The number of aliphatic hydroxyl groups excluding tert-OH is 1. The molecule has 2 aromatic carbocycles. The number of fused-ring (bicyclic) bond motifs is 1. The highest BCUT2D eigenvalue weighted by Crippen LogP contribution is 2.30. The number of morpholine rings is 1. The van der Waals surface area contributed by atoms with Gasteiger partial charge in [-0.2, -0.15) is 0 Å². The van der Waals surface area contributed by atoms with Crippen LogP contribution in [-0.4, -0.2) is 53.2 Å². The van der Waals surface area contributed by atoms with Crippen LogP contribution < -0.4 is 0 Å². The molecule has 0 saturated carbocycles. The first-order valence-corrected chi connectivity index (χ1v) is 9.38. The molecule has 1 aromatic heterocycles. The smallest absolute Gasteiger partial charge is 0.195 e. The van der Waals surface area contributed by atoms with Crippen molar-refractivity contribution < 1.29 is 14.6 Å². The predicted molar refractivity (Wildman–Crippen MR) is 105 cm³/mol. The predicted octanol–water partition coefficient (Wildman–Crippen LogP) is 3.44. The molecule has 0 radical (unpaired) electrons. The lowest BCUT2D eigenvalue weighted by Gasteiger charge is -2.37. The molecule has 0 amide bonds. The molecule has 0 aliphatic carbocycles. The van der Waals surface area contributed by atoms with Crippen molar-refractivity contribution in [2.24, 2.45) is 0 Å². The summed E-state index contributed by atoms with van der Waals surface area (Å²) < 4.78 is 5.44. The van der Waals surface area contributed by atoms with E-state index in [2.05, 4.69) is 9.88 Å². The minimum absolute atomic E-state index is 0.293. The summed E-state index contributed by atoms with van der Waals surface area (Å²) in [6.45, 7) is 2.48. The van der Waals surface area contributed by atoms with Gasteiger partial charge in [-0.3, -0.25) is 9.69 Å². The van der Waals surface area contributed by atoms with Gasteiger partial charge in [-0.25, -0.2) is 0 Å². The molecule has 0 bridgehead atoms. The Balaban J connectivity index is 1.69. The normalized spacial score (nSPS) is 17.7. The van der Waals surface area contributed by atoms with Gasteiger partial charge in [0.2, 0.25) is 0 Å². The number of aromatic nitrogens is 1. The van der Waals surface area contributed by atoms with E-state index in [9.17, 15) is 9.90 Å². The van der Waals surface area contributed by atoms with Crippen molar-refractivity contribution in [1.82, 2.24) is 9.88 Å². The Morgan fingerprint density at radius 3 is 2.56 bits per heavy atom. The van der Waals surface area contributed by atoms with Crippen LogP contribution in [0.4, 0.5) is 0 Å². The monoisotopic (exact) mass is 384 g/mol. The topological polar surface area (TPSA) is 65.6 Å². The van der Waals surface area contributed by atoms with Crippen LogP contribution in [0.2, 0.25) is 5.02 Å². The van der Waals surface area contributed by atoms with E-state index in [0.717, 1.165) is 16.5 Å². The summed E-state index contributed by atoms with van der Waals surface area (Å²) in [6, 6.07) is 14.5. The number of carbonyl (C=O) groups excluding carboxylic acids is 1. The van der Waals surface area contributed by atoms with E-state index in [1.807, 2.05) is 36.4 Å². The molecule has 3 aromatic rings. The van der Waals surface area contributed by atoms with Crippen molar-refractivity contribution in [3.63, 3.8) is 0 Å². The van der Waals surface area contributed by atoms with Crippen LogP contribution in [0.25, 0.3) is 10.9 Å². The van der Waals surface area contributed by atoms with Crippen LogP contribution in [0.15, 0.2) is 54.7 Å². The van der Waals surface area contributed by atoms with Crippen molar-refractivity contribution in [1.29, 1.82) is 0 Å². The zero-order valence-electron chi connectivity index (χ0n) is 14.8. The molecule has 1 fully saturated rings. The van der Waals surface area contributed by atoms with Gasteiger partial charge in [-0.05, 0) is 23.8 Å². The average molecular weight is 385 g/mol. The standard InChI is InChI=1S/C21H21ClN2O3/c22-15-7-5-14(6-8-15)19(24-9-11-27-12-10-24)21(26)20(25)17-13-23-18-4-2-1-3-16(17)18/h1-8,13,19,21,23,26H,9-12H2/t19-,21+/m0/s1. The molecule has 4 rings (SSSR count). The molecular formula is C21H21ClN2O3. The van der Waals surface area contributed by atoms with Crippen molar-refractivity contribution in [3.05, 3.63) is 70.9 Å². The average Bonchev–Trinajstić information content (AvgIpc) is 3.14. The summed E-state index contributed by atoms with van der Waals surface area (Å²) in [5.41, 5.74) is 2.25. The van der Waals surface area contributed by atoms with Gasteiger partial charge in [0.1, 0.15) is 6.10 Å². The summed E-state index contributed by atoms with van der Waals surface area (Å²) in [5, 5.41) is 12.5. The largest absolute Gasteiger partial charge is 0.383 e. The lowest BCUT2D eigenvalue weighted by atomic mass is 9.93. The van der Waals surface area contributed by atoms with E-state index in [1.54, 1.807) is 18.3 Å². The number of rotatable bonds is 5. The lowest BCUT2D eigenvalue weighted by molar-refractivity contribution is -0.0172. The molecule has 6 heteroatoms. The number of H-pyrrole nitrogens is 1. The van der Waals surface area contributed by atoms with E-state index in [4.69, 9.17) is 16.3 Å². The number of halogens is 1. The molecule has 1 aliphatic heterocycles. The number of carbonyl (C=O) groups is 1. The Morgan fingerprint density at radius 2 is 1.81 bits per heavy atom. The van der Waals surface area contributed by atoms with Gasteiger partial charge in [-0.15, -0.1) is 0 Å². The maximum Gasteiger partial charge on any atom is 0.195 e. The van der Waals surface area contributed by atoms with Gasteiger partial charge >= 0.3 is 0 Å². The van der Waals surface area contributed by atoms with Crippen molar-refractivity contribution in [3.8, 4) is 0 Å². The number of nitrogens with one attached hydrogen (secondary N) is 1. The van der Waals surface area contributed by atoms with Gasteiger partial charge in [0.15, 0.2) is 5.78 Å². The third kappa shape index (κ3) is 3.64. The van der Waals surface area contributed by atoms with Crippen LogP contribution in [0.3, 0.4) is 0 Å². The number of aliphatic hydroxyl groups is 1. The van der Waals surface area contributed by atoms with Crippen molar-refractivity contribution in [2.75, 3.05) is 26.3 Å². The quantitative estimate of drug-likeness (QED) is 0.661. The number of ketones is 1. The third-order valence-electron chi connectivity index (χ3n) is 5.07. The Morgan fingerprint density at radius 1 is 1.11 bits per heavy atom. The first-order valence-electron chi connectivity index (χ1n) is 9.01. The molecule has 1 aliphatic rings. The molecule has 27 heavy (non-hydrogen) atoms. The number of aromatic amines is 1. The summed E-state index contributed by atoms with van der Waals surface area (Å²) >= 11 is 6.02. The first-order chi connectivity index (χ1) is 13.1. The maximum absolute atomic E-state index is 13.2. The van der Waals surface area contributed by atoms with E-state index in [0.29, 0.717) is 36.9 Å². The number of hydrogen-bond acceptors (Lipinski definition) is 4. The number of para-hydroxylation sites is 1. The van der Waals surface area contributed by atoms with Crippen LogP contribution in [0.5, 0.6) is 0 Å². The summed E-state index contributed by atoms with van der Waals surface area (Å²) in [7, 11) is 0. The number of benzene rings is 2. The zero-order valence-corrected chi connectivity index (χ0v) is 15.5. The Kier molecular flexibility index (Phi) is 5.27. The molecule has 2 N–H and O–H groups in total. The number of ether oxygens (including phenoxy) is 1. The summed E-state index contributed by atoms with van der Waals surface area (Å²) in [5.74, 6) is -0.293. The summed E-state index contributed by atoms with van der Waals surface area (Å²) in [4.78, 5) is 18.4. The second-order valence-corrected chi connectivity index (χ2v) is 7.14. The fourth-order valence-electron chi connectivity index (χ4n) is 3.69. The zero-order chi connectivity index (χ0) is 18.8. The molecule has 0 spiro atoms. The number of hydrogen-bond donors (Lipinski definition) is 2. The van der Waals surface area contributed by atoms with Crippen molar-refractivity contribution >= 4 is 28.3 Å². The molecule has 140 valence electrons. The number of Topliss-reactive ketones (excluding diaryl/α,β-unsaturated/α-hetero) is 1. The second kappa shape index (κ2) is 7.82. The van der Waals surface area contributed by atoms with E-state index < -0.39 is 12.1 Å². The van der Waals surface area contributed by atoms with E-state index >= 15 is 0 Å². The van der Waals surface area contributed by atoms with Gasteiger partial charge in [0, 0.05) is 40.8 Å². The molecule has 2 heterocycles. The number of nitrogens with zero attached hydrogens (tertiary/aromatic N) is 1. The van der Waals surface area contributed by atoms with Crippen LogP contribution in [-0.2, 0) is 4.74 Å². The minimum atomic E-state index is -1.19. The highest BCUT2D eigenvalue weighted by Gasteiger charge is 2.34. The lowest BCUT2D eigenvalue weighted by Crippen LogP contribution is -2.46. The Bertz CT molecular complexity index is 932.